The summed E-state index contributed by atoms with van der Waals surface area (Å²) >= 11 is 1.23. The highest BCUT2D eigenvalue weighted by molar-refractivity contribution is 7.07. The maximum Gasteiger partial charge on any atom is 0.338 e. The minimum Gasteiger partial charge on any atom is -0.463 e. The summed E-state index contributed by atoms with van der Waals surface area (Å²) in [5.41, 5.74) is 3.56. The maximum atomic E-state index is 13.8. The van der Waals surface area contributed by atoms with E-state index in [9.17, 15) is 14.4 Å². The minimum atomic E-state index is -0.671. The van der Waals surface area contributed by atoms with Gasteiger partial charge in [-0.1, -0.05) is 53.3 Å². The number of thiazole rings is 1. The fourth-order valence-corrected chi connectivity index (χ4v) is 5.61. The summed E-state index contributed by atoms with van der Waals surface area (Å²) in [5, 5.41) is 0. The Balaban J connectivity index is 1.57. The Kier molecular flexibility index (Phi) is 7.66. The predicted octanol–water partition coefficient (Wildman–Crippen LogP) is 4.54. The van der Waals surface area contributed by atoms with E-state index in [4.69, 9.17) is 13.9 Å². The molecule has 8 nitrogen and oxygen atoms in total. The Morgan fingerprint density at radius 2 is 1.73 bits per heavy atom. The lowest BCUT2D eigenvalue weighted by Crippen LogP contribution is -2.39. The molecule has 0 saturated carbocycles. The Bertz CT molecular complexity index is 1810. The molecule has 40 heavy (non-hydrogen) atoms. The van der Waals surface area contributed by atoms with Gasteiger partial charge in [-0.15, -0.1) is 0 Å². The first-order chi connectivity index (χ1) is 19.3. The molecule has 3 heterocycles. The number of benzene rings is 2. The summed E-state index contributed by atoms with van der Waals surface area (Å²) in [4.78, 5) is 44.0. The summed E-state index contributed by atoms with van der Waals surface area (Å²) in [6.45, 7) is 7.74. The molecule has 1 atom stereocenters. The van der Waals surface area contributed by atoms with Gasteiger partial charge in [0.2, 0.25) is 0 Å². The number of esters is 2. The van der Waals surface area contributed by atoms with E-state index in [1.807, 2.05) is 37.3 Å². The number of fused-ring (bicyclic) bond motifs is 1. The van der Waals surface area contributed by atoms with Crippen LogP contribution in [0.4, 0.5) is 0 Å². The van der Waals surface area contributed by atoms with E-state index < -0.39 is 18.0 Å². The number of aromatic nitrogens is 1. The zero-order chi connectivity index (χ0) is 28.4. The number of nitrogens with zero attached hydrogens (tertiary/aromatic N) is 2. The monoisotopic (exact) mass is 556 g/mol. The summed E-state index contributed by atoms with van der Waals surface area (Å²) in [5.74, 6) is 0.111. The lowest BCUT2D eigenvalue weighted by atomic mass is 9.95. The van der Waals surface area contributed by atoms with Crippen LogP contribution in [0.1, 0.15) is 54.1 Å². The van der Waals surface area contributed by atoms with Crippen LogP contribution in [-0.4, -0.2) is 29.7 Å². The first-order valence-corrected chi connectivity index (χ1v) is 13.8. The quantitative estimate of drug-likeness (QED) is 0.310. The van der Waals surface area contributed by atoms with E-state index in [0.717, 1.165) is 11.1 Å². The fraction of sp³-hybridized carbons (Fsp3) is 0.226. The number of allylic oxidation sites excluding steroid dienone is 1. The van der Waals surface area contributed by atoms with E-state index in [0.29, 0.717) is 43.3 Å². The molecule has 1 aliphatic heterocycles. The van der Waals surface area contributed by atoms with E-state index in [-0.39, 0.29) is 18.8 Å². The van der Waals surface area contributed by atoms with Crippen molar-refractivity contribution < 1.29 is 23.5 Å². The second-order valence-electron chi connectivity index (χ2n) is 9.22. The standard InChI is InChI=1S/C31H28N2O6S/c1-5-37-29(35)22-9-7-8-21(16-22)24-15-14-23(39-24)17-25-28(34)33-27(20-12-10-18(3)11-13-20)26(30(36)38-6-2)19(4)32-31(33)40-25/h7-17,27H,5-6H2,1-4H3/b25-17+/t27-/m1/s1. The molecule has 0 bridgehead atoms. The number of rotatable bonds is 7. The van der Waals surface area contributed by atoms with Crippen molar-refractivity contribution in [1.82, 2.24) is 4.57 Å². The van der Waals surface area contributed by atoms with Crippen LogP contribution in [-0.2, 0) is 14.3 Å². The second kappa shape index (κ2) is 11.3. The molecule has 0 N–H and O–H groups in total. The van der Waals surface area contributed by atoms with Crippen LogP contribution in [0.25, 0.3) is 17.4 Å². The second-order valence-corrected chi connectivity index (χ2v) is 10.2. The molecular weight excluding hydrogens is 528 g/mol. The molecule has 0 unspecified atom stereocenters. The number of furan rings is 1. The molecule has 0 spiro atoms. The lowest BCUT2D eigenvalue weighted by Gasteiger charge is -2.24. The first-order valence-electron chi connectivity index (χ1n) is 12.9. The molecular formula is C31H28N2O6S. The molecule has 4 aromatic rings. The van der Waals surface area contributed by atoms with Gasteiger partial charge in [0.1, 0.15) is 11.5 Å². The van der Waals surface area contributed by atoms with Crippen LogP contribution in [0.5, 0.6) is 0 Å². The summed E-state index contributed by atoms with van der Waals surface area (Å²) in [7, 11) is 0. The molecule has 1 aliphatic rings. The minimum absolute atomic E-state index is 0.212. The summed E-state index contributed by atoms with van der Waals surface area (Å²) < 4.78 is 18.4. The van der Waals surface area contributed by atoms with Crippen molar-refractivity contribution in [2.75, 3.05) is 13.2 Å². The number of hydrogen-bond donors (Lipinski definition) is 0. The van der Waals surface area contributed by atoms with Crippen LogP contribution in [0.15, 0.2) is 86.1 Å². The van der Waals surface area contributed by atoms with Crippen molar-refractivity contribution >= 4 is 29.4 Å². The molecule has 0 fully saturated rings. The van der Waals surface area contributed by atoms with Gasteiger partial charge in [-0.2, -0.15) is 0 Å². The zero-order valence-electron chi connectivity index (χ0n) is 22.6. The molecule has 204 valence electrons. The number of aryl methyl sites for hydroxylation is 1. The normalized spacial score (nSPS) is 15.0. The van der Waals surface area contributed by atoms with Crippen molar-refractivity contribution in [3.05, 3.63) is 114 Å². The Morgan fingerprint density at radius 3 is 2.45 bits per heavy atom. The van der Waals surface area contributed by atoms with Gasteiger partial charge in [0.05, 0.1) is 40.6 Å². The van der Waals surface area contributed by atoms with Gasteiger partial charge in [0.25, 0.3) is 5.56 Å². The molecule has 9 heteroatoms. The number of hydrogen-bond acceptors (Lipinski definition) is 8. The Hall–Kier alpha value is -4.50. The van der Waals surface area contributed by atoms with Crippen molar-refractivity contribution in [3.63, 3.8) is 0 Å². The van der Waals surface area contributed by atoms with Crippen LogP contribution in [0.2, 0.25) is 0 Å². The van der Waals surface area contributed by atoms with Gasteiger partial charge < -0.3 is 13.9 Å². The van der Waals surface area contributed by atoms with Crippen molar-refractivity contribution in [2.45, 2.75) is 33.7 Å². The number of carbonyl (C=O) groups is 2. The third kappa shape index (κ3) is 5.20. The molecule has 5 rings (SSSR count). The molecule has 2 aromatic heterocycles. The van der Waals surface area contributed by atoms with Gasteiger partial charge in [0.15, 0.2) is 4.80 Å². The molecule has 0 radical (unpaired) electrons. The third-order valence-electron chi connectivity index (χ3n) is 6.47. The fourth-order valence-electron chi connectivity index (χ4n) is 4.58. The van der Waals surface area contributed by atoms with Crippen molar-refractivity contribution in [3.8, 4) is 11.3 Å². The maximum absolute atomic E-state index is 13.8. The molecule has 0 aliphatic carbocycles. The van der Waals surface area contributed by atoms with Crippen LogP contribution < -0.4 is 14.9 Å². The Labute approximate surface area is 234 Å². The van der Waals surface area contributed by atoms with Crippen LogP contribution in [0.3, 0.4) is 0 Å². The average Bonchev–Trinajstić information content (AvgIpc) is 3.53. The highest BCUT2D eigenvalue weighted by Crippen LogP contribution is 2.31. The van der Waals surface area contributed by atoms with Crippen LogP contribution in [0, 0.1) is 6.92 Å². The van der Waals surface area contributed by atoms with E-state index in [1.54, 1.807) is 61.7 Å². The first kappa shape index (κ1) is 27.1. The van der Waals surface area contributed by atoms with Crippen LogP contribution >= 0.6 is 11.3 Å². The van der Waals surface area contributed by atoms with Crippen molar-refractivity contribution in [1.29, 1.82) is 0 Å². The van der Waals surface area contributed by atoms with E-state index in [1.165, 1.54) is 11.3 Å². The zero-order valence-corrected chi connectivity index (χ0v) is 23.4. The summed E-state index contributed by atoms with van der Waals surface area (Å²) in [6, 6.07) is 17.6. The topological polar surface area (TPSA) is 100 Å². The van der Waals surface area contributed by atoms with E-state index >= 15 is 0 Å². The van der Waals surface area contributed by atoms with Gasteiger partial charge in [-0.3, -0.25) is 9.36 Å². The highest BCUT2D eigenvalue weighted by Gasteiger charge is 2.33. The average molecular weight is 557 g/mol. The van der Waals surface area contributed by atoms with E-state index in [2.05, 4.69) is 4.99 Å². The predicted molar refractivity (Wildman–Crippen MR) is 152 cm³/mol. The number of carbonyl (C=O) groups excluding carboxylic acids is 2. The Morgan fingerprint density at radius 1 is 1.00 bits per heavy atom. The number of ether oxygens (including phenoxy) is 2. The lowest BCUT2D eigenvalue weighted by molar-refractivity contribution is -0.139. The smallest absolute Gasteiger partial charge is 0.338 e. The van der Waals surface area contributed by atoms with Gasteiger partial charge >= 0.3 is 11.9 Å². The van der Waals surface area contributed by atoms with Gasteiger partial charge in [-0.05, 0) is 57.5 Å². The molecule has 0 amide bonds. The molecule has 0 saturated heterocycles. The third-order valence-corrected chi connectivity index (χ3v) is 7.45. The highest BCUT2D eigenvalue weighted by atomic mass is 32.1. The van der Waals surface area contributed by atoms with Gasteiger partial charge in [-0.25, -0.2) is 14.6 Å². The molecule has 2 aromatic carbocycles. The largest absolute Gasteiger partial charge is 0.463 e. The summed E-state index contributed by atoms with van der Waals surface area (Å²) in [6.07, 6.45) is 1.66. The van der Waals surface area contributed by atoms with Crippen molar-refractivity contribution in [2.24, 2.45) is 4.99 Å². The van der Waals surface area contributed by atoms with Gasteiger partial charge in [0, 0.05) is 11.6 Å². The SMILES string of the molecule is CCOC(=O)C1=C(C)N=c2s/c(=C/c3ccc(-c4cccc(C(=O)OCC)c4)o3)c(=O)n2[C@@H]1c1ccc(C)cc1.